The maximum absolute atomic E-state index is 2.56. The van der Waals surface area contributed by atoms with Crippen molar-refractivity contribution >= 4 is 25.4 Å². The Hall–Kier alpha value is -1.54. The average Bonchev–Trinajstić information content (AvgIpc) is 3.08. The lowest BCUT2D eigenvalue weighted by molar-refractivity contribution is 0.647. The molecule has 0 amide bonds. The number of aryl methyl sites for hydroxylation is 1. The van der Waals surface area contributed by atoms with E-state index in [1.54, 1.807) is 5.19 Å². The van der Waals surface area contributed by atoms with Crippen LogP contribution in [-0.4, -0.2) is 15.8 Å². The molecule has 24 heavy (non-hydrogen) atoms. The number of rotatable bonds is 5. The minimum atomic E-state index is -0.789. The maximum atomic E-state index is 2.56. The Morgan fingerprint density at radius 3 is 2.38 bits per heavy atom. The van der Waals surface area contributed by atoms with Gasteiger partial charge in [0.15, 0.2) is 0 Å². The number of benzene rings is 2. The molecule has 1 aliphatic rings. The third-order valence-corrected chi connectivity index (χ3v) is 8.92. The van der Waals surface area contributed by atoms with Crippen LogP contribution in [0.3, 0.4) is 0 Å². The molecule has 0 atom stereocenters. The summed E-state index contributed by atoms with van der Waals surface area (Å²) in [5.74, 6) is 0.725. The molecule has 2 aromatic rings. The summed E-state index contributed by atoms with van der Waals surface area (Å²) in [4.78, 5) is 2.43. The first-order valence-corrected chi connectivity index (χ1v) is 11.7. The first kappa shape index (κ1) is 17.3. The summed E-state index contributed by atoms with van der Waals surface area (Å²) in [6, 6.07) is 19.0. The fraction of sp³-hybridized carbons (Fsp3) is 0.455. The second-order valence-corrected chi connectivity index (χ2v) is 11.0. The lowest BCUT2D eigenvalue weighted by atomic mass is 10.0. The molecular formula is C22H31NSi. The van der Waals surface area contributed by atoms with Gasteiger partial charge in [-0.25, -0.2) is 0 Å². The third-order valence-electron chi connectivity index (χ3n) is 5.37. The van der Waals surface area contributed by atoms with Crippen LogP contribution in [0, 0.1) is 12.8 Å². The van der Waals surface area contributed by atoms with Crippen LogP contribution in [0.15, 0.2) is 42.5 Å². The zero-order valence-electron chi connectivity index (χ0n) is 15.7. The second kappa shape index (κ2) is 7.56. The molecule has 3 rings (SSSR count). The van der Waals surface area contributed by atoms with E-state index < -0.39 is 8.80 Å². The Bertz CT molecular complexity index is 686. The quantitative estimate of drug-likeness (QED) is 0.679. The standard InChI is InChI=1S/C22H31NSi/c1-17(2)15-19-11-12-21(22(16-19)24-13-7-8-14-24)23(4)20-10-6-5-9-18(20)3/h5-6,9-12,16-17,24H,7-8,13-15H2,1-4H3. The van der Waals surface area contributed by atoms with Gasteiger partial charge in [-0.15, -0.1) is 0 Å². The minimum Gasteiger partial charge on any atom is -0.345 e. The normalized spacial score (nSPS) is 15.2. The van der Waals surface area contributed by atoms with Crippen LogP contribution < -0.4 is 10.1 Å². The van der Waals surface area contributed by atoms with Crippen LogP contribution in [0.4, 0.5) is 11.4 Å². The van der Waals surface area contributed by atoms with E-state index in [2.05, 4.69) is 75.2 Å². The van der Waals surface area contributed by atoms with Crippen LogP contribution in [0.1, 0.15) is 37.8 Å². The number of nitrogens with zero attached hydrogens (tertiary/aromatic N) is 1. The Morgan fingerprint density at radius 2 is 1.71 bits per heavy atom. The van der Waals surface area contributed by atoms with Crippen molar-refractivity contribution in [3.8, 4) is 0 Å². The summed E-state index contributed by atoms with van der Waals surface area (Å²) in [6.45, 7) is 6.85. The molecular weight excluding hydrogens is 306 g/mol. The third kappa shape index (κ3) is 3.75. The van der Waals surface area contributed by atoms with E-state index in [-0.39, 0.29) is 0 Å². The molecule has 1 heterocycles. The highest BCUT2D eigenvalue weighted by Crippen LogP contribution is 2.29. The van der Waals surface area contributed by atoms with Gasteiger partial charge in [0.2, 0.25) is 0 Å². The van der Waals surface area contributed by atoms with Crippen molar-refractivity contribution in [1.29, 1.82) is 0 Å². The van der Waals surface area contributed by atoms with Crippen molar-refractivity contribution in [2.24, 2.45) is 5.92 Å². The van der Waals surface area contributed by atoms with E-state index >= 15 is 0 Å². The van der Waals surface area contributed by atoms with Crippen molar-refractivity contribution in [2.45, 2.75) is 52.1 Å². The molecule has 1 saturated heterocycles. The highest BCUT2D eigenvalue weighted by atomic mass is 28.3. The fourth-order valence-electron chi connectivity index (χ4n) is 4.14. The van der Waals surface area contributed by atoms with Crippen LogP contribution in [0.2, 0.25) is 12.1 Å². The van der Waals surface area contributed by atoms with E-state index in [0.717, 1.165) is 5.92 Å². The molecule has 0 radical (unpaired) electrons. The van der Waals surface area contributed by atoms with Crippen molar-refractivity contribution in [1.82, 2.24) is 0 Å². The molecule has 1 aliphatic heterocycles. The van der Waals surface area contributed by atoms with Crippen LogP contribution >= 0.6 is 0 Å². The van der Waals surface area contributed by atoms with E-state index in [4.69, 9.17) is 0 Å². The van der Waals surface area contributed by atoms with Gasteiger partial charge < -0.3 is 4.90 Å². The van der Waals surface area contributed by atoms with Gasteiger partial charge in [0.25, 0.3) is 0 Å². The van der Waals surface area contributed by atoms with Crippen LogP contribution in [0.5, 0.6) is 0 Å². The molecule has 0 aromatic heterocycles. The van der Waals surface area contributed by atoms with Crippen molar-refractivity contribution in [3.05, 3.63) is 53.6 Å². The molecule has 0 bridgehead atoms. The summed E-state index contributed by atoms with van der Waals surface area (Å²) in [7, 11) is 1.45. The van der Waals surface area contributed by atoms with Gasteiger partial charge in [-0.3, -0.25) is 0 Å². The summed E-state index contributed by atoms with van der Waals surface area (Å²) >= 11 is 0. The summed E-state index contributed by atoms with van der Waals surface area (Å²) < 4.78 is 0. The molecule has 0 unspecified atom stereocenters. The number of anilines is 2. The predicted molar refractivity (Wildman–Crippen MR) is 110 cm³/mol. The monoisotopic (exact) mass is 337 g/mol. The lowest BCUT2D eigenvalue weighted by Gasteiger charge is -2.27. The molecule has 2 heteroatoms. The number of hydrogen-bond donors (Lipinski definition) is 0. The Balaban J connectivity index is 2.00. The van der Waals surface area contributed by atoms with Gasteiger partial charge in [0.05, 0.1) is 8.80 Å². The van der Waals surface area contributed by atoms with Gasteiger partial charge >= 0.3 is 0 Å². The van der Waals surface area contributed by atoms with Crippen molar-refractivity contribution in [2.75, 3.05) is 11.9 Å². The summed E-state index contributed by atoms with van der Waals surface area (Å²) in [5.41, 5.74) is 5.67. The minimum absolute atomic E-state index is 0.725. The fourth-order valence-corrected chi connectivity index (χ4v) is 7.77. The highest BCUT2D eigenvalue weighted by molar-refractivity contribution is 6.75. The van der Waals surface area contributed by atoms with Gasteiger partial charge in [-0.1, -0.05) is 69.1 Å². The van der Waals surface area contributed by atoms with E-state index in [1.165, 1.54) is 53.9 Å². The smallest absolute Gasteiger partial charge is 0.0735 e. The van der Waals surface area contributed by atoms with Gasteiger partial charge in [-0.05, 0) is 47.7 Å². The molecule has 1 fully saturated rings. The number of para-hydroxylation sites is 1. The molecule has 0 N–H and O–H groups in total. The number of hydrogen-bond acceptors (Lipinski definition) is 1. The van der Waals surface area contributed by atoms with Gasteiger partial charge in [0, 0.05) is 18.4 Å². The molecule has 0 aliphatic carbocycles. The van der Waals surface area contributed by atoms with E-state index in [1.807, 2.05) is 0 Å². The lowest BCUT2D eigenvalue weighted by Crippen LogP contribution is -2.32. The van der Waals surface area contributed by atoms with Gasteiger partial charge in [0.1, 0.15) is 0 Å². The topological polar surface area (TPSA) is 3.24 Å². The van der Waals surface area contributed by atoms with Crippen LogP contribution in [0.25, 0.3) is 0 Å². The van der Waals surface area contributed by atoms with E-state index in [9.17, 15) is 0 Å². The summed E-state index contributed by atoms with van der Waals surface area (Å²) in [6.07, 6.45) is 4.08. The molecule has 128 valence electrons. The zero-order chi connectivity index (χ0) is 17.1. The van der Waals surface area contributed by atoms with E-state index in [0.29, 0.717) is 0 Å². The predicted octanol–water partition coefficient (Wildman–Crippen LogP) is 5.19. The maximum Gasteiger partial charge on any atom is 0.0735 e. The van der Waals surface area contributed by atoms with Crippen molar-refractivity contribution in [3.63, 3.8) is 0 Å². The first-order chi connectivity index (χ1) is 11.6. The Morgan fingerprint density at radius 1 is 1.00 bits per heavy atom. The largest absolute Gasteiger partial charge is 0.345 e. The zero-order valence-corrected chi connectivity index (χ0v) is 16.8. The second-order valence-electron chi connectivity index (χ2n) is 7.82. The van der Waals surface area contributed by atoms with Crippen LogP contribution in [-0.2, 0) is 6.42 Å². The Labute approximate surface area is 149 Å². The molecule has 1 nitrogen and oxygen atoms in total. The summed E-state index contributed by atoms with van der Waals surface area (Å²) in [5, 5.41) is 1.71. The first-order valence-electron chi connectivity index (χ1n) is 9.48. The van der Waals surface area contributed by atoms with Crippen molar-refractivity contribution < 1.29 is 0 Å². The molecule has 0 spiro atoms. The highest BCUT2D eigenvalue weighted by Gasteiger charge is 2.24. The average molecular weight is 338 g/mol. The SMILES string of the molecule is Cc1ccccc1N(C)c1ccc(CC(C)C)cc1[SiH]1CCCC1. The van der Waals surface area contributed by atoms with Gasteiger partial charge in [-0.2, -0.15) is 0 Å². The molecule has 0 saturated carbocycles. The molecule has 2 aromatic carbocycles. The Kier molecular flexibility index (Phi) is 5.45.